The molecular formula is C15H10BrN3O3S3. The number of hydrogen-bond acceptors (Lipinski definition) is 7. The lowest BCUT2D eigenvalue weighted by Gasteiger charge is -2.13. The van der Waals surface area contributed by atoms with Gasteiger partial charge in [-0.3, -0.25) is 14.5 Å². The molecule has 1 aromatic heterocycles. The van der Waals surface area contributed by atoms with Gasteiger partial charge in [0, 0.05) is 21.6 Å². The van der Waals surface area contributed by atoms with Crippen LogP contribution in [0, 0.1) is 0 Å². The molecular weight excluding hydrogens is 446 g/mol. The molecule has 2 heterocycles. The van der Waals surface area contributed by atoms with Crippen molar-refractivity contribution in [2.24, 2.45) is 0 Å². The monoisotopic (exact) mass is 455 g/mol. The molecule has 1 aliphatic heterocycles. The van der Waals surface area contributed by atoms with Gasteiger partial charge in [-0.05, 0) is 24.3 Å². The predicted octanol–water partition coefficient (Wildman–Crippen LogP) is 3.45. The van der Waals surface area contributed by atoms with Gasteiger partial charge in [0.25, 0.3) is 5.91 Å². The average Bonchev–Trinajstić information content (AvgIpc) is 3.15. The Morgan fingerprint density at radius 3 is 3.00 bits per heavy atom. The van der Waals surface area contributed by atoms with Crippen molar-refractivity contribution in [2.45, 2.75) is 0 Å². The van der Waals surface area contributed by atoms with Crippen LogP contribution in [0.1, 0.15) is 5.56 Å². The van der Waals surface area contributed by atoms with Crippen LogP contribution in [0.4, 0.5) is 5.13 Å². The van der Waals surface area contributed by atoms with E-state index in [4.69, 9.17) is 12.2 Å². The molecule has 6 nitrogen and oxygen atoms in total. The fourth-order valence-corrected chi connectivity index (χ4v) is 4.18. The van der Waals surface area contributed by atoms with E-state index in [2.05, 4.69) is 26.2 Å². The average molecular weight is 456 g/mol. The van der Waals surface area contributed by atoms with Crippen molar-refractivity contribution in [3.05, 3.63) is 44.7 Å². The Kier molecular flexibility index (Phi) is 5.52. The van der Waals surface area contributed by atoms with Crippen LogP contribution >= 0.6 is 51.2 Å². The van der Waals surface area contributed by atoms with Crippen molar-refractivity contribution in [3.63, 3.8) is 0 Å². The lowest BCUT2D eigenvalue weighted by molar-refractivity contribution is -0.126. The highest BCUT2D eigenvalue weighted by Crippen LogP contribution is 2.34. The Hall–Kier alpha value is -1.75. The summed E-state index contributed by atoms with van der Waals surface area (Å²) in [6.07, 6.45) is 3.13. The van der Waals surface area contributed by atoms with Crippen LogP contribution in [0.5, 0.6) is 5.75 Å². The van der Waals surface area contributed by atoms with Crippen molar-refractivity contribution in [1.82, 2.24) is 9.88 Å². The molecule has 0 atom stereocenters. The van der Waals surface area contributed by atoms with Gasteiger partial charge in [0.05, 0.1) is 4.91 Å². The topological polar surface area (TPSA) is 82.5 Å². The number of phenolic OH excluding ortho intramolecular Hbond substituents is 1. The van der Waals surface area contributed by atoms with Gasteiger partial charge < -0.3 is 10.4 Å². The second-order valence-corrected chi connectivity index (χ2v) is 8.34. The highest BCUT2D eigenvalue weighted by atomic mass is 79.9. The smallest absolute Gasteiger partial charge is 0.266 e. The number of carbonyl (C=O) groups excluding carboxylic acids is 2. The number of carbonyl (C=O) groups is 2. The SMILES string of the molecule is O=C(CN1C(=O)/C(=C/c2cc(Br)ccc2O)SC1=S)Nc1nccs1. The highest BCUT2D eigenvalue weighted by molar-refractivity contribution is 9.10. The molecule has 128 valence electrons. The fourth-order valence-electron chi connectivity index (χ4n) is 2.01. The first kappa shape index (κ1) is 18.1. The van der Waals surface area contributed by atoms with Gasteiger partial charge in [-0.1, -0.05) is 39.9 Å². The zero-order valence-electron chi connectivity index (χ0n) is 12.4. The Labute approximate surface area is 165 Å². The molecule has 0 saturated carbocycles. The van der Waals surface area contributed by atoms with E-state index in [1.165, 1.54) is 22.3 Å². The lowest BCUT2D eigenvalue weighted by Crippen LogP contribution is -2.36. The molecule has 0 spiro atoms. The Morgan fingerprint density at radius 1 is 1.48 bits per heavy atom. The van der Waals surface area contributed by atoms with Gasteiger partial charge in [-0.25, -0.2) is 4.98 Å². The third kappa shape index (κ3) is 4.27. The quantitative estimate of drug-likeness (QED) is 0.542. The van der Waals surface area contributed by atoms with E-state index in [-0.39, 0.29) is 24.1 Å². The molecule has 2 aromatic rings. The first-order valence-electron chi connectivity index (χ1n) is 6.87. The molecule has 2 N–H and O–H groups in total. The van der Waals surface area contributed by atoms with Crippen LogP contribution in [0.3, 0.4) is 0 Å². The number of rotatable bonds is 4. The number of thiocarbonyl (C=S) groups is 1. The first-order chi connectivity index (χ1) is 11.9. The Bertz CT molecular complexity index is 883. The number of nitrogens with zero attached hydrogens (tertiary/aromatic N) is 2. The van der Waals surface area contributed by atoms with Gasteiger partial charge in [-0.2, -0.15) is 0 Å². The summed E-state index contributed by atoms with van der Waals surface area (Å²) >= 11 is 10.9. The summed E-state index contributed by atoms with van der Waals surface area (Å²) in [6, 6.07) is 4.91. The van der Waals surface area contributed by atoms with E-state index < -0.39 is 0 Å². The van der Waals surface area contributed by atoms with E-state index >= 15 is 0 Å². The van der Waals surface area contributed by atoms with Crippen molar-refractivity contribution < 1.29 is 14.7 Å². The summed E-state index contributed by atoms with van der Waals surface area (Å²) in [6.45, 7) is -0.188. The number of nitrogens with one attached hydrogen (secondary N) is 1. The molecule has 0 radical (unpaired) electrons. The predicted molar refractivity (Wildman–Crippen MR) is 106 cm³/mol. The summed E-state index contributed by atoms with van der Waals surface area (Å²) in [4.78, 5) is 30.1. The van der Waals surface area contributed by atoms with Crippen molar-refractivity contribution in [3.8, 4) is 5.75 Å². The number of hydrogen-bond donors (Lipinski definition) is 2. The minimum absolute atomic E-state index is 0.0509. The Balaban J connectivity index is 1.74. The van der Waals surface area contributed by atoms with Crippen LogP contribution in [-0.4, -0.2) is 37.7 Å². The number of thioether (sulfide) groups is 1. The van der Waals surface area contributed by atoms with Gasteiger partial charge in [0.2, 0.25) is 5.91 Å². The molecule has 0 unspecified atom stereocenters. The lowest BCUT2D eigenvalue weighted by atomic mass is 10.2. The molecule has 2 amide bonds. The normalized spacial score (nSPS) is 15.9. The number of aromatic nitrogens is 1. The molecule has 1 fully saturated rings. The number of aromatic hydroxyl groups is 1. The molecule has 3 rings (SSSR count). The molecule has 0 aliphatic carbocycles. The summed E-state index contributed by atoms with van der Waals surface area (Å²) in [5.74, 6) is -0.698. The van der Waals surface area contributed by atoms with E-state index in [1.807, 2.05) is 0 Å². The summed E-state index contributed by atoms with van der Waals surface area (Å²) in [7, 11) is 0. The molecule has 0 bridgehead atoms. The Morgan fingerprint density at radius 2 is 2.28 bits per heavy atom. The number of benzene rings is 1. The van der Waals surface area contributed by atoms with Gasteiger partial charge >= 0.3 is 0 Å². The van der Waals surface area contributed by atoms with Crippen molar-refractivity contribution in [2.75, 3.05) is 11.9 Å². The number of phenols is 1. The maximum absolute atomic E-state index is 12.5. The van der Waals surface area contributed by atoms with Crippen molar-refractivity contribution >= 4 is 78.6 Å². The van der Waals surface area contributed by atoms with Gasteiger partial charge in [0.15, 0.2) is 5.13 Å². The van der Waals surface area contributed by atoms with Crippen LogP contribution in [0.15, 0.2) is 39.2 Å². The van der Waals surface area contributed by atoms with Crippen LogP contribution in [0.25, 0.3) is 6.08 Å². The van der Waals surface area contributed by atoms with E-state index in [0.717, 1.165) is 16.2 Å². The summed E-state index contributed by atoms with van der Waals surface area (Å²) in [5.41, 5.74) is 0.488. The van der Waals surface area contributed by atoms with Crippen LogP contribution < -0.4 is 5.32 Å². The van der Waals surface area contributed by atoms with E-state index in [0.29, 0.717) is 19.9 Å². The van der Waals surface area contributed by atoms with Crippen molar-refractivity contribution in [1.29, 1.82) is 0 Å². The number of halogens is 1. The first-order valence-corrected chi connectivity index (χ1v) is 9.77. The maximum Gasteiger partial charge on any atom is 0.266 e. The molecule has 25 heavy (non-hydrogen) atoms. The van der Waals surface area contributed by atoms with E-state index in [1.54, 1.807) is 29.8 Å². The molecule has 1 aromatic carbocycles. The number of thiazole rings is 1. The van der Waals surface area contributed by atoms with Gasteiger partial charge in [0.1, 0.15) is 16.6 Å². The third-order valence-electron chi connectivity index (χ3n) is 3.13. The summed E-state index contributed by atoms with van der Waals surface area (Å²) in [5, 5.41) is 14.7. The maximum atomic E-state index is 12.5. The van der Waals surface area contributed by atoms with Crippen LogP contribution in [0.2, 0.25) is 0 Å². The standard InChI is InChI=1S/C15H10BrN3O3S3/c16-9-1-2-10(20)8(5-9)6-11-13(22)19(15(23)25-11)7-12(21)18-14-17-3-4-24-14/h1-6,20H,7H2,(H,17,18,21)/b11-6-. The highest BCUT2D eigenvalue weighted by Gasteiger charge is 2.33. The van der Waals surface area contributed by atoms with E-state index in [9.17, 15) is 14.7 Å². The molecule has 10 heteroatoms. The minimum Gasteiger partial charge on any atom is -0.507 e. The molecule has 1 saturated heterocycles. The second kappa shape index (κ2) is 7.65. The third-order valence-corrected chi connectivity index (χ3v) is 5.69. The summed E-state index contributed by atoms with van der Waals surface area (Å²) < 4.78 is 1.06. The largest absolute Gasteiger partial charge is 0.507 e. The van der Waals surface area contributed by atoms with Crippen LogP contribution in [-0.2, 0) is 9.59 Å². The second-order valence-electron chi connectivity index (χ2n) is 4.86. The zero-order chi connectivity index (χ0) is 18.0. The zero-order valence-corrected chi connectivity index (χ0v) is 16.5. The van der Waals surface area contributed by atoms with Gasteiger partial charge in [-0.15, -0.1) is 11.3 Å². The number of anilines is 1. The minimum atomic E-state index is -0.377. The number of amides is 2. The molecule has 1 aliphatic rings. The fraction of sp³-hybridized carbons (Fsp3) is 0.0667.